The number of nitriles is 2. The summed E-state index contributed by atoms with van der Waals surface area (Å²) in [6.45, 7) is 0. The molecular weight excluding hydrogens is 276 g/mol. The molecule has 0 fully saturated rings. The summed E-state index contributed by atoms with van der Waals surface area (Å²) in [6, 6.07) is 16.5. The summed E-state index contributed by atoms with van der Waals surface area (Å²) < 4.78 is 10.5. The van der Waals surface area contributed by atoms with Crippen molar-refractivity contribution in [3.63, 3.8) is 0 Å². The minimum absolute atomic E-state index is 0.448. The van der Waals surface area contributed by atoms with Gasteiger partial charge in [0.2, 0.25) is 0 Å². The van der Waals surface area contributed by atoms with Gasteiger partial charge in [-0.15, -0.1) is 0 Å². The second-order valence-corrected chi connectivity index (χ2v) is 4.47. The SMILES string of the molecule is COc1ccc(OC)c(/C=C(/C#N)c2cccc(C#N)c2)c1. The number of hydrogen-bond acceptors (Lipinski definition) is 4. The smallest absolute Gasteiger partial charge is 0.126 e. The van der Waals surface area contributed by atoms with Gasteiger partial charge in [0.1, 0.15) is 11.5 Å². The third-order valence-electron chi connectivity index (χ3n) is 3.16. The van der Waals surface area contributed by atoms with Gasteiger partial charge in [0.05, 0.1) is 37.5 Å². The number of benzene rings is 2. The van der Waals surface area contributed by atoms with Crippen molar-refractivity contribution in [2.75, 3.05) is 14.2 Å². The van der Waals surface area contributed by atoms with Crippen LogP contribution in [0.4, 0.5) is 0 Å². The zero-order valence-electron chi connectivity index (χ0n) is 12.3. The molecule has 0 saturated carbocycles. The van der Waals surface area contributed by atoms with E-state index in [0.717, 1.165) is 5.56 Å². The number of rotatable bonds is 4. The monoisotopic (exact) mass is 290 g/mol. The van der Waals surface area contributed by atoms with Crippen molar-refractivity contribution in [2.24, 2.45) is 0 Å². The summed E-state index contributed by atoms with van der Waals surface area (Å²) in [4.78, 5) is 0. The van der Waals surface area contributed by atoms with E-state index < -0.39 is 0 Å². The molecule has 0 aromatic heterocycles. The normalized spacial score (nSPS) is 10.5. The highest BCUT2D eigenvalue weighted by atomic mass is 16.5. The standard InChI is InChI=1S/C18H14N2O2/c1-21-17-6-7-18(22-2)15(10-17)9-16(12-20)14-5-3-4-13(8-14)11-19/h3-10H,1-2H3/b16-9-. The Hall–Kier alpha value is -3.24. The Morgan fingerprint density at radius 2 is 1.86 bits per heavy atom. The third kappa shape index (κ3) is 3.26. The van der Waals surface area contributed by atoms with E-state index in [1.807, 2.05) is 0 Å². The lowest BCUT2D eigenvalue weighted by molar-refractivity contribution is 0.402. The number of nitrogens with zero attached hydrogens (tertiary/aromatic N) is 2. The highest BCUT2D eigenvalue weighted by molar-refractivity contribution is 5.91. The van der Waals surface area contributed by atoms with Gasteiger partial charge in [-0.2, -0.15) is 10.5 Å². The highest BCUT2D eigenvalue weighted by Gasteiger charge is 2.07. The van der Waals surface area contributed by atoms with E-state index in [-0.39, 0.29) is 0 Å². The molecule has 0 heterocycles. The first-order valence-electron chi connectivity index (χ1n) is 6.56. The first-order chi connectivity index (χ1) is 10.7. The van der Waals surface area contributed by atoms with Crippen molar-refractivity contribution in [1.82, 2.24) is 0 Å². The lowest BCUT2D eigenvalue weighted by atomic mass is 10.0. The molecule has 2 aromatic rings. The molecule has 2 aromatic carbocycles. The van der Waals surface area contributed by atoms with E-state index >= 15 is 0 Å². The molecule has 4 nitrogen and oxygen atoms in total. The number of hydrogen-bond donors (Lipinski definition) is 0. The summed E-state index contributed by atoms with van der Waals surface area (Å²) in [5.74, 6) is 1.32. The maximum atomic E-state index is 9.42. The van der Waals surface area contributed by atoms with Crippen molar-refractivity contribution in [2.45, 2.75) is 0 Å². The molecule has 0 unspecified atom stereocenters. The van der Waals surface area contributed by atoms with Crippen LogP contribution in [0.15, 0.2) is 42.5 Å². The fourth-order valence-electron chi connectivity index (χ4n) is 2.04. The fraction of sp³-hybridized carbons (Fsp3) is 0.111. The molecule has 0 aliphatic carbocycles. The Balaban J connectivity index is 2.53. The Labute approximate surface area is 129 Å². The van der Waals surface area contributed by atoms with E-state index in [1.54, 1.807) is 62.8 Å². The van der Waals surface area contributed by atoms with Gasteiger partial charge in [-0.25, -0.2) is 0 Å². The molecule has 0 aliphatic heterocycles. The second-order valence-electron chi connectivity index (χ2n) is 4.47. The predicted molar refractivity (Wildman–Crippen MR) is 84.2 cm³/mol. The van der Waals surface area contributed by atoms with Gasteiger partial charge in [0.15, 0.2) is 0 Å². The van der Waals surface area contributed by atoms with Crippen molar-refractivity contribution < 1.29 is 9.47 Å². The van der Waals surface area contributed by atoms with Gasteiger partial charge in [-0.3, -0.25) is 0 Å². The van der Waals surface area contributed by atoms with Gasteiger partial charge in [0.25, 0.3) is 0 Å². The summed E-state index contributed by atoms with van der Waals surface area (Å²) >= 11 is 0. The van der Waals surface area contributed by atoms with Gasteiger partial charge in [-0.05, 0) is 42.0 Å². The molecule has 4 heteroatoms. The lowest BCUT2D eigenvalue weighted by Gasteiger charge is -2.08. The van der Waals surface area contributed by atoms with Crippen LogP contribution >= 0.6 is 0 Å². The fourth-order valence-corrected chi connectivity index (χ4v) is 2.04. The zero-order chi connectivity index (χ0) is 15.9. The number of allylic oxidation sites excluding steroid dienone is 1. The van der Waals surface area contributed by atoms with Crippen molar-refractivity contribution in [1.29, 1.82) is 10.5 Å². The zero-order valence-corrected chi connectivity index (χ0v) is 12.3. The van der Waals surface area contributed by atoms with Crippen LogP contribution in [0.3, 0.4) is 0 Å². The van der Waals surface area contributed by atoms with Crippen LogP contribution in [-0.2, 0) is 0 Å². The average molecular weight is 290 g/mol. The third-order valence-corrected chi connectivity index (χ3v) is 3.16. The Morgan fingerprint density at radius 1 is 1.05 bits per heavy atom. The van der Waals surface area contributed by atoms with Crippen molar-refractivity contribution in [3.8, 4) is 23.6 Å². The van der Waals surface area contributed by atoms with Gasteiger partial charge < -0.3 is 9.47 Å². The summed E-state index contributed by atoms with van der Waals surface area (Å²) in [5.41, 5.74) is 2.38. The highest BCUT2D eigenvalue weighted by Crippen LogP contribution is 2.28. The molecule has 0 N–H and O–H groups in total. The summed E-state index contributed by atoms with van der Waals surface area (Å²) in [7, 11) is 3.15. The Kier molecular flexibility index (Phi) is 4.80. The maximum Gasteiger partial charge on any atom is 0.126 e. The van der Waals surface area contributed by atoms with Crippen molar-refractivity contribution >= 4 is 11.6 Å². The van der Waals surface area contributed by atoms with Crippen LogP contribution in [0.25, 0.3) is 11.6 Å². The van der Waals surface area contributed by atoms with Crippen LogP contribution in [0.1, 0.15) is 16.7 Å². The maximum absolute atomic E-state index is 9.42. The quantitative estimate of drug-likeness (QED) is 0.637. The number of ether oxygens (including phenoxy) is 2. The second kappa shape index (κ2) is 6.97. The Bertz CT molecular complexity index is 795. The minimum atomic E-state index is 0.448. The largest absolute Gasteiger partial charge is 0.497 e. The summed E-state index contributed by atoms with van der Waals surface area (Å²) in [6.07, 6.45) is 1.72. The van der Waals surface area contributed by atoms with E-state index in [4.69, 9.17) is 14.7 Å². The first-order valence-corrected chi connectivity index (χ1v) is 6.56. The molecule has 0 amide bonds. The molecule has 0 saturated heterocycles. The molecule has 108 valence electrons. The molecule has 0 radical (unpaired) electrons. The van der Waals surface area contributed by atoms with Gasteiger partial charge in [-0.1, -0.05) is 12.1 Å². The molecule has 0 atom stereocenters. The van der Waals surface area contributed by atoms with Crippen LogP contribution in [0, 0.1) is 22.7 Å². The van der Waals surface area contributed by atoms with Gasteiger partial charge in [0, 0.05) is 5.56 Å². The summed E-state index contributed by atoms with van der Waals surface area (Å²) in [5, 5.41) is 18.4. The molecule has 0 spiro atoms. The van der Waals surface area contributed by atoms with Crippen LogP contribution in [0.2, 0.25) is 0 Å². The molecule has 2 rings (SSSR count). The molecule has 0 aliphatic rings. The average Bonchev–Trinajstić information content (AvgIpc) is 2.59. The minimum Gasteiger partial charge on any atom is -0.497 e. The molecule has 0 bridgehead atoms. The van der Waals surface area contributed by atoms with Crippen molar-refractivity contribution in [3.05, 3.63) is 59.2 Å². The van der Waals surface area contributed by atoms with E-state index in [1.165, 1.54) is 0 Å². The van der Waals surface area contributed by atoms with Crippen LogP contribution < -0.4 is 9.47 Å². The van der Waals surface area contributed by atoms with E-state index in [2.05, 4.69) is 12.1 Å². The molecule has 22 heavy (non-hydrogen) atoms. The van der Waals surface area contributed by atoms with E-state index in [0.29, 0.717) is 28.2 Å². The first kappa shape index (κ1) is 15.2. The topological polar surface area (TPSA) is 66.0 Å². The van der Waals surface area contributed by atoms with E-state index in [9.17, 15) is 5.26 Å². The van der Waals surface area contributed by atoms with Crippen LogP contribution in [0.5, 0.6) is 11.5 Å². The van der Waals surface area contributed by atoms with Gasteiger partial charge >= 0.3 is 0 Å². The van der Waals surface area contributed by atoms with Crippen LogP contribution in [-0.4, -0.2) is 14.2 Å². The molecular formula is C18H14N2O2. The predicted octanol–water partition coefficient (Wildman–Crippen LogP) is 3.64. The lowest BCUT2D eigenvalue weighted by Crippen LogP contribution is -1.91. The Morgan fingerprint density at radius 3 is 2.50 bits per heavy atom. The number of methoxy groups -OCH3 is 2.